The summed E-state index contributed by atoms with van der Waals surface area (Å²) in [5, 5.41) is 12.4. The van der Waals surface area contributed by atoms with Gasteiger partial charge in [0.05, 0.1) is 11.5 Å². The van der Waals surface area contributed by atoms with E-state index in [2.05, 4.69) is 10.0 Å². The smallest absolute Gasteiger partial charge is 0.241 e. The Hall–Kier alpha value is -2.33. The fraction of sp³-hybridized carbons (Fsp3) is 0.235. The van der Waals surface area contributed by atoms with E-state index in [1.165, 1.54) is 24.3 Å². The lowest BCUT2D eigenvalue weighted by atomic mass is 10.2. The van der Waals surface area contributed by atoms with Crippen molar-refractivity contribution < 1.29 is 27.8 Å². The second-order valence-corrected chi connectivity index (χ2v) is 7.87. The molecule has 1 aliphatic heterocycles. The van der Waals surface area contributed by atoms with Gasteiger partial charge in [-0.15, -0.1) is 0 Å². The zero-order chi connectivity index (χ0) is 19.4. The number of fused-ring (bicyclic) bond motifs is 1. The molecule has 144 valence electrons. The Balaban J connectivity index is 1.62. The van der Waals surface area contributed by atoms with E-state index in [0.717, 1.165) is 5.56 Å². The van der Waals surface area contributed by atoms with Gasteiger partial charge in [-0.05, 0) is 42.0 Å². The van der Waals surface area contributed by atoms with E-state index in [4.69, 9.17) is 21.1 Å². The van der Waals surface area contributed by atoms with Crippen LogP contribution in [0.1, 0.15) is 5.56 Å². The van der Waals surface area contributed by atoms with Crippen LogP contribution in [0.3, 0.4) is 0 Å². The second-order valence-electron chi connectivity index (χ2n) is 5.72. The van der Waals surface area contributed by atoms with Crippen LogP contribution in [-0.2, 0) is 21.4 Å². The first-order valence-corrected chi connectivity index (χ1v) is 9.80. The van der Waals surface area contributed by atoms with E-state index in [0.29, 0.717) is 16.5 Å². The van der Waals surface area contributed by atoms with Gasteiger partial charge < -0.3 is 19.9 Å². The van der Waals surface area contributed by atoms with E-state index in [1.807, 2.05) is 0 Å². The Labute approximate surface area is 161 Å². The molecule has 1 atom stereocenters. The quantitative estimate of drug-likeness (QED) is 0.625. The third-order valence-corrected chi connectivity index (χ3v) is 5.56. The molecule has 3 rings (SSSR count). The fourth-order valence-corrected chi connectivity index (χ4v) is 3.72. The van der Waals surface area contributed by atoms with E-state index in [1.54, 1.807) is 18.2 Å². The van der Waals surface area contributed by atoms with Gasteiger partial charge >= 0.3 is 0 Å². The molecule has 1 heterocycles. The van der Waals surface area contributed by atoms with E-state index < -0.39 is 28.6 Å². The van der Waals surface area contributed by atoms with Gasteiger partial charge in [-0.2, -0.15) is 4.72 Å². The molecule has 0 aliphatic carbocycles. The summed E-state index contributed by atoms with van der Waals surface area (Å²) in [7, 11) is -3.99. The molecule has 27 heavy (non-hydrogen) atoms. The molecular weight excluding hydrogens is 396 g/mol. The number of rotatable bonds is 7. The summed E-state index contributed by atoms with van der Waals surface area (Å²) in [6.45, 7) is -0.418. The van der Waals surface area contributed by atoms with Crippen LogP contribution in [0.5, 0.6) is 11.5 Å². The lowest BCUT2D eigenvalue weighted by Gasteiger charge is -2.16. The molecule has 2 aromatic carbocycles. The molecule has 1 unspecified atom stereocenters. The predicted molar refractivity (Wildman–Crippen MR) is 97.1 cm³/mol. The van der Waals surface area contributed by atoms with Crippen molar-refractivity contribution in [1.82, 2.24) is 10.0 Å². The van der Waals surface area contributed by atoms with Crippen LogP contribution in [0, 0.1) is 0 Å². The first-order valence-electron chi connectivity index (χ1n) is 7.94. The maximum atomic E-state index is 12.3. The molecule has 1 aliphatic rings. The van der Waals surface area contributed by atoms with Crippen molar-refractivity contribution in [2.45, 2.75) is 17.5 Å². The Morgan fingerprint density at radius 2 is 1.85 bits per heavy atom. The lowest BCUT2D eigenvalue weighted by molar-refractivity contribution is -0.123. The topological polar surface area (TPSA) is 114 Å². The van der Waals surface area contributed by atoms with Gasteiger partial charge in [0, 0.05) is 11.6 Å². The van der Waals surface area contributed by atoms with Crippen molar-refractivity contribution in [3.63, 3.8) is 0 Å². The number of aliphatic hydroxyl groups excluding tert-OH is 1. The largest absolute Gasteiger partial charge is 0.454 e. The number of sulfonamides is 1. The highest BCUT2D eigenvalue weighted by atomic mass is 35.5. The molecule has 1 amide bonds. The first-order chi connectivity index (χ1) is 12.9. The Bertz CT molecular complexity index is 933. The van der Waals surface area contributed by atoms with Crippen LogP contribution in [0.4, 0.5) is 0 Å². The minimum atomic E-state index is -3.99. The zero-order valence-electron chi connectivity index (χ0n) is 14.0. The second kappa shape index (κ2) is 8.13. The van der Waals surface area contributed by atoms with Gasteiger partial charge in [0.15, 0.2) is 11.5 Å². The molecular formula is C17H17ClN2O6S. The number of ether oxygens (including phenoxy) is 2. The van der Waals surface area contributed by atoms with Crippen LogP contribution < -0.4 is 19.5 Å². The van der Waals surface area contributed by atoms with Gasteiger partial charge in [0.25, 0.3) is 0 Å². The van der Waals surface area contributed by atoms with E-state index in [9.17, 15) is 18.3 Å². The van der Waals surface area contributed by atoms with Crippen LogP contribution in [0.25, 0.3) is 0 Å². The number of nitrogens with one attached hydrogen (secondary N) is 2. The van der Waals surface area contributed by atoms with Gasteiger partial charge in [-0.3, -0.25) is 4.79 Å². The zero-order valence-corrected chi connectivity index (χ0v) is 15.6. The molecule has 0 spiro atoms. The normalized spacial score (nSPS) is 14.0. The van der Waals surface area contributed by atoms with Gasteiger partial charge in [0.1, 0.15) is 6.04 Å². The number of aliphatic hydroxyl groups is 1. The highest BCUT2D eigenvalue weighted by Gasteiger charge is 2.25. The third-order valence-electron chi connectivity index (χ3n) is 3.82. The van der Waals surface area contributed by atoms with Crippen molar-refractivity contribution in [2.75, 3.05) is 13.4 Å². The van der Waals surface area contributed by atoms with Crippen LogP contribution in [-0.4, -0.2) is 38.9 Å². The number of amides is 1. The fourth-order valence-electron chi connectivity index (χ4n) is 2.41. The van der Waals surface area contributed by atoms with Crippen LogP contribution in [0.15, 0.2) is 47.4 Å². The van der Waals surface area contributed by atoms with Gasteiger partial charge in [-0.25, -0.2) is 8.42 Å². The van der Waals surface area contributed by atoms with Crippen molar-refractivity contribution in [1.29, 1.82) is 0 Å². The number of carbonyl (C=O) groups excluding carboxylic acids is 1. The molecule has 0 fully saturated rings. The molecule has 10 heteroatoms. The average Bonchev–Trinajstić information content (AvgIpc) is 3.12. The number of hydrogen-bond donors (Lipinski definition) is 3. The summed E-state index contributed by atoms with van der Waals surface area (Å²) < 4.78 is 37.3. The summed E-state index contributed by atoms with van der Waals surface area (Å²) in [6, 6.07) is 9.31. The molecule has 0 radical (unpaired) electrons. The number of halogens is 1. The number of carbonyl (C=O) groups is 1. The van der Waals surface area contributed by atoms with Crippen LogP contribution >= 0.6 is 11.6 Å². The monoisotopic (exact) mass is 412 g/mol. The summed E-state index contributed by atoms with van der Waals surface area (Å²) in [5.41, 5.74) is 0.741. The third kappa shape index (κ3) is 4.69. The Kier molecular flexibility index (Phi) is 5.85. The van der Waals surface area contributed by atoms with E-state index >= 15 is 0 Å². The van der Waals surface area contributed by atoms with E-state index in [-0.39, 0.29) is 18.2 Å². The maximum absolute atomic E-state index is 12.3. The SMILES string of the molecule is O=C(NCc1ccc2c(c1)OCO2)C(CO)NS(=O)(=O)c1ccc(Cl)cc1. The van der Waals surface area contributed by atoms with Crippen LogP contribution in [0.2, 0.25) is 5.02 Å². The van der Waals surface area contributed by atoms with Crippen molar-refractivity contribution in [3.05, 3.63) is 53.1 Å². The van der Waals surface area contributed by atoms with Crippen molar-refractivity contribution in [3.8, 4) is 11.5 Å². The molecule has 2 aromatic rings. The Morgan fingerprint density at radius 1 is 1.15 bits per heavy atom. The summed E-state index contributed by atoms with van der Waals surface area (Å²) in [4.78, 5) is 12.2. The minimum absolute atomic E-state index is 0.0612. The summed E-state index contributed by atoms with van der Waals surface area (Å²) >= 11 is 5.74. The predicted octanol–water partition coefficient (Wildman–Crippen LogP) is 1.02. The molecule has 8 nitrogen and oxygen atoms in total. The molecule has 0 saturated carbocycles. The maximum Gasteiger partial charge on any atom is 0.241 e. The number of benzene rings is 2. The standard InChI is InChI=1S/C17H17ClN2O6S/c18-12-2-4-13(5-3-12)27(23,24)20-14(9-21)17(22)19-8-11-1-6-15-16(7-11)26-10-25-15/h1-7,14,20-21H,8-10H2,(H,19,22). The minimum Gasteiger partial charge on any atom is -0.454 e. The Morgan fingerprint density at radius 3 is 2.56 bits per heavy atom. The lowest BCUT2D eigenvalue weighted by Crippen LogP contribution is -2.48. The molecule has 0 saturated heterocycles. The van der Waals surface area contributed by atoms with Crippen molar-refractivity contribution in [2.24, 2.45) is 0 Å². The molecule has 3 N–H and O–H groups in total. The average molecular weight is 413 g/mol. The summed E-state index contributed by atoms with van der Waals surface area (Å²) in [6.07, 6.45) is 0. The van der Waals surface area contributed by atoms with Gasteiger partial charge in [0.2, 0.25) is 22.7 Å². The highest BCUT2D eigenvalue weighted by Crippen LogP contribution is 2.32. The first kappa shape index (κ1) is 19.4. The molecule has 0 aromatic heterocycles. The highest BCUT2D eigenvalue weighted by molar-refractivity contribution is 7.89. The number of hydrogen-bond acceptors (Lipinski definition) is 6. The van der Waals surface area contributed by atoms with Crippen molar-refractivity contribution >= 4 is 27.5 Å². The summed E-state index contributed by atoms with van der Waals surface area (Å²) in [5.74, 6) is 0.533. The molecule has 0 bridgehead atoms. The van der Waals surface area contributed by atoms with Gasteiger partial charge in [-0.1, -0.05) is 17.7 Å².